The Kier molecular flexibility index (Phi) is 6.37. The molecule has 0 aromatic heterocycles. The summed E-state index contributed by atoms with van der Waals surface area (Å²) in [5.41, 5.74) is 2.78. The van der Waals surface area contributed by atoms with Gasteiger partial charge in [0.25, 0.3) is 0 Å². The molecule has 2 N–H and O–H groups in total. The predicted octanol–water partition coefficient (Wildman–Crippen LogP) is 2.83. The first-order valence-electron chi connectivity index (χ1n) is 7.87. The summed E-state index contributed by atoms with van der Waals surface area (Å²) >= 11 is 0. The molecule has 5 nitrogen and oxygen atoms in total. The van der Waals surface area contributed by atoms with Gasteiger partial charge in [-0.15, -0.1) is 0 Å². The monoisotopic (exact) mass is 326 g/mol. The fourth-order valence-electron chi connectivity index (χ4n) is 2.24. The molecule has 24 heavy (non-hydrogen) atoms. The number of anilines is 1. The molecule has 0 fully saturated rings. The molecule has 0 radical (unpaired) electrons. The number of para-hydroxylation sites is 2. The van der Waals surface area contributed by atoms with Crippen LogP contribution in [0.25, 0.3) is 0 Å². The topological polar surface area (TPSA) is 67.4 Å². The zero-order chi connectivity index (χ0) is 17.4. The van der Waals surface area contributed by atoms with Gasteiger partial charge in [0.05, 0.1) is 19.6 Å². The first-order chi connectivity index (χ1) is 11.6. The SMILES string of the molecule is Cc1cccc(C)c1NC(=O)CNC(=O)CCOc1ccccc1. The highest BCUT2D eigenvalue weighted by Gasteiger charge is 2.09. The van der Waals surface area contributed by atoms with Crippen LogP contribution in [-0.2, 0) is 9.59 Å². The second kappa shape index (κ2) is 8.72. The lowest BCUT2D eigenvalue weighted by molar-refractivity contribution is -0.124. The van der Waals surface area contributed by atoms with Gasteiger partial charge in [0.15, 0.2) is 0 Å². The van der Waals surface area contributed by atoms with Gasteiger partial charge < -0.3 is 15.4 Å². The smallest absolute Gasteiger partial charge is 0.243 e. The average molecular weight is 326 g/mol. The highest BCUT2D eigenvalue weighted by atomic mass is 16.5. The maximum Gasteiger partial charge on any atom is 0.243 e. The van der Waals surface area contributed by atoms with E-state index in [0.717, 1.165) is 22.6 Å². The molecule has 126 valence electrons. The molecule has 0 saturated carbocycles. The molecule has 5 heteroatoms. The van der Waals surface area contributed by atoms with Gasteiger partial charge in [0.1, 0.15) is 5.75 Å². The standard InChI is InChI=1S/C19H22N2O3/c1-14-7-6-8-15(2)19(14)21-18(23)13-20-17(22)11-12-24-16-9-4-3-5-10-16/h3-10H,11-13H2,1-2H3,(H,20,22)(H,21,23). The van der Waals surface area contributed by atoms with E-state index >= 15 is 0 Å². The van der Waals surface area contributed by atoms with Crippen LogP contribution in [0.4, 0.5) is 5.69 Å². The number of aryl methyl sites for hydroxylation is 2. The lowest BCUT2D eigenvalue weighted by Gasteiger charge is -2.12. The molecule has 0 aliphatic carbocycles. The van der Waals surface area contributed by atoms with Crippen molar-refractivity contribution < 1.29 is 14.3 Å². The highest BCUT2D eigenvalue weighted by molar-refractivity contribution is 5.95. The number of nitrogens with one attached hydrogen (secondary N) is 2. The maximum atomic E-state index is 12.0. The summed E-state index contributed by atoms with van der Waals surface area (Å²) in [7, 11) is 0. The number of hydrogen-bond donors (Lipinski definition) is 2. The van der Waals surface area contributed by atoms with Crippen LogP contribution in [0.1, 0.15) is 17.5 Å². The van der Waals surface area contributed by atoms with Crippen LogP contribution in [0, 0.1) is 13.8 Å². The Labute approximate surface area is 142 Å². The summed E-state index contributed by atoms with van der Waals surface area (Å²) in [5, 5.41) is 5.43. The Bertz CT molecular complexity index is 679. The Balaban J connectivity index is 1.70. The van der Waals surface area contributed by atoms with E-state index in [0.29, 0.717) is 0 Å². The van der Waals surface area contributed by atoms with Crippen molar-refractivity contribution in [1.29, 1.82) is 0 Å². The van der Waals surface area contributed by atoms with Crippen molar-refractivity contribution in [3.05, 3.63) is 59.7 Å². The number of rotatable bonds is 7. The van der Waals surface area contributed by atoms with E-state index in [-0.39, 0.29) is 31.4 Å². The molecule has 2 rings (SSSR count). The molecule has 0 unspecified atom stereocenters. The minimum atomic E-state index is -0.246. The second-order valence-electron chi connectivity index (χ2n) is 5.50. The molecule has 2 aromatic rings. The van der Waals surface area contributed by atoms with Gasteiger partial charge in [-0.25, -0.2) is 0 Å². The van der Waals surface area contributed by atoms with Gasteiger partial charge in [-0.2, -0.15) is 0 Å². The van der Waals surface area contributed by atoms with Crippen molar-refractivity contribution in [3.63, 3.8) is 0 Å². The Morgan fingerprint density at radius 1 is 0.917 bits per heavy atom. The molecule has 2 aromatic carbocycles. The van der Waals surface area contributed by atoms with E-state index < -0.39 is 0 Å². The molecule has 0 atom stereocenters. The Morgan fingerprint density at radius 3 is 2.25 bits per heavy atom. The number of carbonyl (C=O) groups is 2. The third-order valence-electron chi connectivity index (χ3n) is 3.53. The van der Waals surface area contributed by atoms with Crippen molar-refractivity contribution in [2.75, 3.05) is 18.5 Å². The van der Waals surface area contributed by atoms with Gasteiger partial charge in [-0.3, -0.25) is 9.59 Å². The van der Waals surface area contributed by atoms with Crippen LogP contribution < -0.4 is 15.4 Å². The molecule has 0 spiro atoms. The van der Waals surface area contributed by atoms with Crippen LogP contribution in [0.15, 0.2) is 48.5 Å². The molecular weight excluding hydrogens is 304 g/mol. The van der Waals surface area contributed by atoms with E-state index in [1.54, 1.807) is 0 Å². The van der Waals surface area contributed by atoms with E-state index in [9.17, 15) is 9.59 Å². The number of ether oxygens (including phenoxy) is 1. The number of hydrogen-bond acceptors (Lipinski definition) is 3. The fourth-order valence-corrected chi connectivity index (χ4v) is 2.24. The van der Waals surface area contributed by atoms with Crippen LogP contribution in [0.5, 0.6) is 5.75 Å². The van der Waals surface area contributed by atoms with Crippen LogP contribution in [-0.4, -0.2) is 25.0 Å². The van der Waals surface area contributed by atoms with Crippen molar-refractivity contribution in [2.24, 2.45) is 0 Å². The minimum absolute atomic E-state index is 0.0576. The van der Waals surface area contributed by atoms with Gasteiger partial charge >= 0.3 is 0 Å². The Hall–Kier alpha value is -2.82. The average Bonchev–Trinajstić information content (AvgIpc) is 2.57. The lowest BCUT2D eigenvalue weighted by atomic mass is 10.1. The second-order valence-corrected chi connectivity index (χ2v) is 5.50. The van der Waals surface area contributed by atoms with Crippen molar-refractivity contribution >= 4 is 17.5 Å². The third-order valence-corrected chi connectivity index (χ3v) is 3.53. The summed E-state index contributed by atoms with van der Waals surface area (Å²) < 4.78 is 5.45. The third kappa shape index (κ3) is 5.43. The fraction of sp³-hybridized carbons (Fsp3) is 0.263. The largest absolute Gasteiger partial charge is 0.493 e. The molecule has 0 saturated heterocycles. The first kappa shape index (κ1) is 17.5. The Morgan fingerprint density at radius 2 is 1.58 bits per heavy atom. The molecule has 0 aliphatic rings. The van der Waals surface area contributed by atoms with Gasteiger partial charge in [-0.05, 0) is 37.1 Å². The number of amides is 2. The summed E-state index contributed by atoms with van der Waals surface area (Å²) in [4.78, 5) is 23.7. The minimum Gasteiger partial charge on any atom is -0.493 e. The molecule has 0 aliphatic heterocycles. The summed E-state index contributed by atoms with van der Waals surface area (Å²) in [5.74, 6) is 0.255. The quantitative estimate of drug-likeness (QED) is 0.822. The normalized spacial score (nSPS) is 10.1. The predicted molar refractivity (Wildman–Crippen MR) is 94.1 cm³/mol. The molecule has 0 heterocycles. The number of carbonyl (C=O) groups excluding carboxylic acids is 2. The first-order valence-corrected chi connectivity index (χ1v) is 7.87. The maximum absolute atomic E-state index is 12.0. The zero-order valence-electron chi connectivity index (χ0n) is 14.0. The summed E-state index contributed by atoms with van der Waals surface area (Å²) in [6.45, 7) is 4.08. The molecule has 2 amide bonds. The van der Waals surface area contributed by atoms with E-state index in [4.69, 9.17) is 4.74 Å². The van der Waals surface area contributed by atoms with E-state index in [2.05, 4.69) is 10.6 Å². The van der Waals surface area contributed by atoms with Crippen LogP contribution in [0.2, 0.25) is 0 Å². The highest BCUT2D eigenvalue weighted by Crippen LogP contribution is 2.18. The van der Waals surface area contributed by atoms with Gasteiger partial charge in [0.2, 0.25) is 11.8 Å². The van der Waals surface area contributed by atoms with Gasteiger partial charge in [0, 0.05) is 5.69 Å². The lowest BCUT2D eigenvalue weighted by Crippen LogP contribution is -2.33. The van der Waals surface area contributed by atoms with Crippen molar-refractivity contribution in [2.45, 2.75) is 20.3 Å². The van der Waals surface area contributed by atoms with Crippen molar-refractivity contribution in [1.82, 2.24) is 5.32 Å². The summed E-state index contributed by atoms with van der Waals surface area (Å²) in [6.07, 6.45) is 0.200. The van der Waals surface area contributed by atoms with Crippen LogP contribution in [0.3, 0.4) is 0 Å². The summed E-state index contributed by atoms with van der Waals surface area (Å²) in [6, 6.07) is 15.1. The van der Waals surface area contributed by atoms with Gasteiger partial charge in [-0.1, -0.05) is 36.4 Å². The van der Waals surface area contributed by atoms with E-state index in [1.165, 1.54) is 0 Å². The van der Waals surface area contributed by atoms with Crippen molar-refractivity contribution in [3.8, 4) is 5.75 Å². The number of benzene rings is 2. The zero-order valence-corrected chi connectivity index (χ0v) is 14.0. The van der Waals surface area contributed by atoms with Crippen LogP contribution >= 0.6 is 0 Å². The van der Waals surface area contributed by atoms with E-state index in [1.807, 2.05) is 62.4 Å². The molecular formula is C19H22N2O3. The molecule has 0 bridgehead atoms.